The van der Waals surface area contributed by atoms with Gasteiger partial charge >= 0.3 is 23.9 Å². The zero-order valence-electron chi connectivity index (χ0n) is 14.9. The minimum atomic E-state index is -1.11. The zero-order valence-corrected chi connectivity index (χ0v) is 14.9. The van der Waals surface area contributed by atoms with E-state index in [1.807, 2.05) is 6.92 Å². The van der Waals surface area contributed by atoms with Crippen LogP contribution in [0.1, 0.15) is 33.1 Å². The molecule has 0 amide bonds. The fourth-order valence-corrected chi connectivity index (χ4v) is 1.18. The molecule has 0 atom stereocenters. The third-order valence-corrected chi connectivity index (χ3v) is 2.65. The van der Waals surface area contributed by atoms with Gasteiger partial charge in [0.15, 0.2) is 0 Å². The van der Waals surface area contributed by atoms with Crippen LogP contribution in [0.25, 0.3) is 0 Å². The molecule has 0 aromatic carbocycles. The highest BCUT2D eigenvalue weighted by atomic mass is 16.7. The Labute approximate surface area is 152 Å². The average Bonchev–Trinajstić information content (AvgIpc) is 2.59. The summed E-state index contributed by atoms with van der Waals surface area (Å²) in [6.45, 7) is 13.0. The molecule has 144 valence electrons. The van der Waals surface area contributed by atoms with Crippen LogP contribution in [0.2, 0.25) is 0 Å². The number of carboxylic acids is 2. The summed E-state index contributed by atoms with van der Waals surface area (Å²) in [6, 6.07) is 0. The van der Waals surface area contributed by atoms with Gasteiger partial charge in [0.1, 0.15) is 0 Å². The van der Waals surface area contributed by atoms with E-state index in [1.54, 1.807) is 0 Å². The molecule has 0 radical (unpaired) electrons. The highest BCUT2D eigenvalue weighted by Crippen LogP contribution is 2.05. The standard InChI is InChI=1S/C10H14O4.C8H10O4/c1-4-7-10(13-8(11)5-2)14-9(12)6-3;1-5(7(9)10)3-4-6(2)8(11)12/h5-6,10H,2-4,7H2,1H3;4H,1,3H2,2H3,(H,9,10)(H,11,12). The van der Waals surface area contributed by atoms with Crippen LogP contribution in [0.5, 0.6) is 0 Å². The lowest BCUT2D eigenvalue weighted by Crippen LogP contribution is -2.22. The third-order valence-electron chi connectivity index (χ3n) is 2.65. The SMILES string of the molecule is C=C(CC=C(C)C(=O)O)C(=O)O.C=CC(=O)OC(CCC)OC(=O)C=C. The second-order valence-corrected chi connectivity index (χ2v) is 4.81. The van der Waals surface area contributed by atoms with Crippen LogP contribution in [0.3, 0.4) is 0 Å². The van der Waals surface area contributed by atoms with Crippen LogP contribution in [-0.2, 0) is 28.7 Å². The molecule has 0 rings (SSSR count). The number of aliphatic carboxylic acids is 2. The lowest BCUT2D eigenvalue weighted by molar-refractivity contribution is -0.181. The van der Waals surface area contributed by atoms with Gasteiger partial charge in [0.25, 0.3) is 0 Å². The molecular weight excluding hydrogens is 344 g/mol. The average molecular weight is 368 g/mol. The molecule has 0 saturated heterocycles. The topological polar surface area (TPSA) is 127 Å². The van der Waals surface area contributed by atoms with Crippen molar-refractivity contribution in [3.63, 3.8) is 0 Å². The van der Waals surface area contributed by atoms with Gasteiger partial charge < -0.3 is 19.7 Å². The summed E-state index contributed by atoms with van der Waals surface area (Å²) in [5.41, 5.74) is 0.105. The number of rotatable bonds is 10. The Morgan fingerprint density at radius 2 is 1.46 bits per heavy atom. The minimum absolute atomic E-state index is 0.0180. The van der Waals surface area contributed by atoms with Crippen LogP contribution < -0.4 is 0 Å². The van der Waals surface area contributed by atoms with Gasteiger partial charge in [-0.15, -0.1) is 0 Å². The van der Waals surface area contributed by atoms with Gasteiger partial charge in [0.2, 0.25) is 6.29 Å². The summed E-state index contributed by atoms with van der Waals surface area (Å²) in [4.78, 5) is 42.1. The van der Waals surface area contributed by atoms with Crippen LogP contribution in [0, 0.1) is 0 Å². The molecule has 0 aliphatic carbocycles. The van der Waals surface area contributed by atoms with Gasteiger partial charge in [-0.3, -0.25) is 0 Å². The first-order valence-electron chi connectivity index (χ1n) is 7.56. The number of carbonyl (C=O) groups excluding carboxylic acids is 2. The summed E-state index contributed by atoms with van der Waals surface area (Å²) in [7, 11) is 0. The van der Waals surface area contributed by atoms with Crippen molar-refractivity contribution in [3.05, 3.63) is 49.1 Å². The molecule has 0 aliphatic rings. The maximum Gasteiger partial charge on any atom is 0.333 e. The van der Waals surface area contributed by atoms with Crippen molar-refractivity contribution >= 4 is 23.9 Å². The van der Waals surface area contributed by atoms with Gasteiger partial charge in [-0.05, 0) is 19.8 Å². The van der Waals surface area contributed by atoms with Crippen LogP contribution in [-0.4, -0.2) is 40.4 Å². The molecule has 0 spiro atoms. The Bertz CT molecular complexity index is 564. The van der Waals surface area contributed by atoms with E-state index in [-0.39, 0.29) is 17.6 Å². The minimum Gasteiger partial charge on any atom is -0.478 e. The van der Waals surface area contributed by atoms with E-state index in [0.717, 1.165) is 18.6 Å². The highest BCUT2D eigenvalue weighted by molar-refractivity contribution is 5.88. The van der Waals surface area contributed by atoms with Crippen molar-refractivity contribution in [2.45, 2.75) is 39.4 Å². The summed E-state index contributed by atoms with van der Waals surface area (Å²) in [5, 5.41) is 16.7. The molecule has 0 bridgehead atoms. The number of carbonyl (C=O) groups is 4. The van der Waals surface area contributed by atoms with E-state index < -0.39 is 30.2 Å². The molecule has 0 heterocycles. The zero-order chi connectivity index (χ0) is 20.7. The Morgan fingerprint density at radius 3 is 1.77 bits per heavy atom. The van der Waals surface area contributed by atoms with Crippen molar-refractivity contribution in [1.29, 1.82) is 0 Å². The molecule has 0 unspecified atom stereocenters. The molecule has 2 N–H and O–H groups in total. The summed E-state index contributed by atoms with van der Waals surface area (Å²) < 4.78 is 9.53. The Morgan fingerprint density at radius 1 is 1.00 bits per heavy atom. The van der Waals surface area contributed by atoms with Gasteiger partial charge in [-0.25, -0.2) is 19.2 Å². The van der Waals surface area contributed by atoms with E-state index in [4.69, 9.17) is 19.7 Å². The number of hydrogen-bond acceptors (Lipinski definition) is 6. The molecule has 8 heteroatoms. The smallest absolute Gasteiger partial charge is 0.333 e. The molecule has 0 aromatic rings. The van der Waals surface area contributed by atoms with Crippen LogP contribution in [0.15, 0.2) is 49.1 Å². The summed E-state index contributed by atoms with van der Waals surface area (Å²) >= 11 is 0. The van der Waals surface area contributed by atoms with Gasteiger partial charge in [-0.1, -0.05) is 32.7 Å². The molecule has 0 aromatic heterocycles. The van der Waals surface area contributed by atoms with E-state index in [1.165, 1.54) is 13.0 Å². The van der Waals surface area contributed by atoms with Crippen molar-refractivity contribution in [2.75, 3.05) is 0 Å². The number of carboxylic acid groups (broad SMARTS) is 2. The van der Waals surface area contributed by atoms with Gasteiger partial charge in [-0.2, -0.15) is 0 Å². The monoisotopic (exact) mass is 368 g/mol. The lowest BCUT2D eigenvalue weighted by Gasteiger charge is -2.15. The first-order valence-corrected chi connectivity index (χ1v) is 7.56. The van der Waals surface area contributed by atoms with E-state index in [9.17, 15) is 19.2 Å². The first-order chi connectivity index (χ1) is 12.1. The number of esters is 2. The van der Waals surface area contributed by atoms with E-state index in [0.29, 0.717) is 6.42 Å². The molecule has 26 heavy (non-hydrogen) atoms. The van der Waals surface area contributed by atoms with Crippen molar-refractivity contribution < 1.29 is 38.9 Å². The van der Waals surface area contributed by atoms with Crippen molar-refractivity contribution in [1.82, 2.24) is 0 Å². The van der Waals surface area contributed by atoms with E-state index in [2.05, 4.69) is 19.7 Å². The Hall–Kier alpha value is -3.16. The van der Waals surface area contributed by atoms with Gasteiger partial charge in [0, 0.05) is 29.7 Å². The molecular formula is C18H24O8. The Kier molecular flexibility index (Phi) is 13.7. The second kappa shape index (κ2) is 14.2. The first kappa shape index (κ1) is 25.1. The summed E-state index contributed by atoms with van der Waals surface area (Å²) in [5.74, 6) is -3.38. The predicted molar refractivity (Wildman–Crippen MR) is 94.1 cm³/mol. The maximum absolute atomic E-state index is 10.8. The van der Waals surface area contributed by atoms with Crippen LogP contribution in [0.4, 0.5) is 0 Å². The maximum atomic E-state index is 10.8. The largest absolute Gasteiger partial charge is 0.478 e. The van der Waals surface area contributed by atoms with Gasteiger partial charge in [0.05, 0.1) is 0 Å². The lowest BCUT2D eigenvalue weighted by atomic mass is 10.1. The number of hydrogen-bond donors (Lipinski definition) is 2. The van der Waals surface area contributed by atoms with E-state index >= 15 is 0 Å². The normalized spacial score (nSPS) is 10.0. The molecule has 0 saturated carbocycles. The fraction of sp³-hybridized carbons (Fsp3) is 0.333. The number of ether oxygens (including phenoxy) is 2. The third kappa shape index (κ3) is 13.3. The molecule has 0 aliphatic heterocycles. The number of allylic oxidation sites excluding steroid dienone is 1. The molecule has 8 nitrogen and oxygen atoms in total. The fourth-order valence-electron chi connectivity index (χ4n) is 1.18. The van der Waals surface area contributed by atoms with Crippen molar-refractivity contribution in [3.8, 4) is 0 Å². The van der Waals surface area contributed by atoms with Crippen LogP contribution >= 0.6 is 0 Å². The summed E-state index contributed by atoms with van der Waals surface area (Å²) in [6.07, 6.45) is 3.76. The molecule has 0 fully saturated rings. The predicted octanol–water partition coefficient (Wildman–Crippen LogP) is 2.62. The Balaban J connectivity index is 0. The quantitative estimate of drug-likeness (QED) is 0.342. The second-order valence-electron chi connectivity index (χ2n) is 4.81. The highest BCUT2D eigenvalue weighted by Gasteiger charge is 2.14. The van der Waals surface area contributed by atoms with Crippen molar-refractivity contribution in [2.24, 2.45) is 0 Å².